The number of aliphatic hydroxyl groups is 1. The molecule has 4 atom stereocenters. The van der Waals surface area contributed by atoms with Crippen molar-refractivity contribution < 1.29 is 28.2 Å². The minimum absolute atomic E-state index is 0.0925. The summed E-state index contributed by atoms with van der Waals surface area (Å²) in [5, 5.41) is 16.7. The maximum Gasteiger partial charge on any atom is 0.217 e. The number of rotatable bonds is 8. The van der Waals surface area contributed by atoms with Crippen molar-refractivity contribution in [3.63, 3.8) is 0 Å². The largest absolute Gasteiger partial charge is 0.389 e. The van der Waals surface area contributed by atoms with Crippen molar-refractivity contribution in [3.05, 3.63) is 35.4 Å². The maximum absolute atomic E-state index is 13.5. The molecule has 8 heteroatoms. The van der Waals surface area contributed by atoms with Crippen LogP contribution in [0.1, 0.15) is 44.6 Å². The number of morpholine rings is 1. The smallest absolute Gasteiger partial charge is 0.217 e. The number of hydrogen-bond acceptors (Lipinski definition) is 5. The Bertz CT molecular complexity index is 671. The van der Waals surface area contributed by atoms with E-state index in [-0.39, 0.29) is 25.2 Å². The fraction of sp³-hybridized carbons (Fsp3) is 0.682. The van der Waals surface area contributed by atoms with Crippen LogP contribution in [0.3, 0.4) is 0 Å². The lowest BCUT2D eigenvalue weighted by molar-refractivity contribution is -0.179. The zero-order valence-electron chi connectivity index (χ0n) is 17.4. The van der Waals surface area contributed by atoms with Crippen molar-refractivity contribution in [1.82, 2.24) is 10.6 Å². The minimum atomic E-state index is -1.00. The van der Waals surface area contributed by atoms with E-state index in [1.807, 2.05) is 0 Å². The third-order valence-corrected chi connectivity index (χ3v) is 5.84. The quantitative estimate of drug-likeness (QED) is 0.594. The fourth-order valence-corrected chi connectivity index (χ4v) is 4.28. The van der Waals surface area contributed by atoms with Crippen molar-refractivity contribution in [2.24, 2.45) is 5.92 Å². The lowest BCUT2D eigenvalue weighted by Crippen LogP contribution is -2.59. The molecule has 1 saturated heterocycles. The van der Waals surface area contributed by atoms with Crippen LogP contribution in [0.4, 0.5) is 8.78 Å². The highest BCUT2D eigenvalue weighted by molar-refractivity contribution is 5.73. The molecule has 30 heavy (non-hydrogen) atoms. The molecule has 0 unspecified atom stereocenters. The molecule has 1 aliphatic heterocycles. The van der Waals surface area contributed by atoms with Gasteiger partial charge in [0.1, 0.15) is 11.6 Å². The molecule has 6 nitrogen and oxygen atoms in total. The van der Waals surface area contributed by atoms with Gasteiger partial charge in [-0.15, -0.1) is 0 Å². The molecule has 2 aliphatic rings. The third kappa shape index (κ3) is 6.97. The predicted octanol–water partition coefficient (Wildman–Crippen LogP) is 2.28. The first-order chi connectivity index (χ1) is 14.4. The molecular weight excluding hydrogens is 394 g/mol. The Balaban J connectivity index is 1.52. The lowest BCUT2D eigenvalue weighted by atomic mass is 9.90. The Morgan fingerprint density at radius 2 is 1.97 bits per heavy atom. The Kier molecular flexibility index (Phi) is 8.56. The highest BCUT2D eigenvalue weighted by Gasteiger charge is 2.33. The summed E-state index contributed by atoms with van der Waals surface area (Å²) in [6, 6.07) is 2.03. The van der Waals surface area contributed by atoms with Gasteiger partial charge in [0.2, 0.25) is 5.91 Å². The molecule has 168 valence electrons. The normalized spacial score (nSPS) is 24.9. The molecule has 1 heterocycles. The number of nitrogens with one attached hydrogen (secondary N) is 2. The van der Waals surface area contributed by atoms with Gasteiger partial charge in [-0.1, -0.05) is 19.3 Å². The van der Waals surface area contributed by atoms with Crippen molar-refractivity contribution >= 4 is 5.91 Å². The summed E-state index contributed by atoms with van der Waals surface area (Å²) in [6.45, 7) is 2.66. The highest BCUT2D eigenvalue weighted by Crippen LogP contribution is 2.24. The van der Waals surface area contributed by atoms with E-state index in [0.717, 1.165) is 6.07 Å². The standard InChI is InChI=1S/C22H32F2N2O4/c1-14(27)26-19(9-16-7-17(23)10-18(24)8-16)22(28)20-13-30-21(11-25-20)29-12-15-5-3-2-4-6-15/h7-8,10,15,19-22,25,28H,2-6,9,11-13H2,1H3,(H,26,27)/t19-,20+,21+,22-/m0/s1. The first-order valence-corrected chi connectivity index (χ1v) is 10.8. The first kappa shape index (κ1) is 23.1. The second-order valence-corrected chi connectivity index (χ2v) is 8.39. The minimum Gasteiger partial charge on any atom is -0.389 e. The van der Waals surface area contributed by atoms with Crippen LogP contribution >= 0.6 is 0 Å². The van der Waals surface area contributed by atoms with E-state index in [2.05, 4.69) is 10.6 Å². The molecule has 2 fully saturated rings. The molecule has 1 aromatic carbocycles. The van der Waals surface area contributed by atoms with Crippen LogP contribution in [0.5, 0.6) is 0 Å². The second-order valence-electron chi connectivity index (χ2n) is 8.39. The van der Waals surface area contributed by atoms with E-state index in [1.165, 1.54) is 51.2 Å². The summed E-state index contributed by atoms with van der Waals surface area (Å²) in [4.78, 5) is 11.6. The molecule has 0 spiro atoms. The van der Waals surface area contributed by atoms with E-state index >= 15 is 0 Å². The van der Waals surface area contributed by atoms with E-state index in [1.54, 1.807) is 0 Å². The van der Waals surface area contributed by atoms with Gasteiger partial charge in [-0.25, -0.2) is 8.78 Å². The first-order valence-electron chi connectivity index (χ1n) is 10.8. The Morgan fingerprint density at radius 1 is 1.27 bits per heavy atom. The number of aliphatic hydroxyl groups excluding tert-OH is 1. The second kappa shape index (κ2) is 11.1. The van der Waals surface area contributed by atoms with Crippen LogP contribution in [0, 0.1) is 17.6 Å². The van der Waals surface area contributed by atoms with Crippen LogP contribution < -0.4 is 10.6 Å². The third-order valence-electron chi connectivity index (χ3n) is 5.84. The van der Waals surface area contributed by atoms with Crippen molar-refractivity contribution in [2.75, 3.05) is 19.8 Å². The summed E-state index contributed by atoms with van der Waals surface area (Å²) < 4.78 is 38.7. The van der Waals surface area contributed by atoms with Crippen molar-refractivity contribution in [3.8, 4) is 0 Å². The number of carbonyl (C=O) groups excluding carboxylic acids is 1. The molecule has 1 saturated carbocycles. The number of hydrogen-bond donors (Lipinski definition) is 3. The van der Waals surface area contributed by atoms with Gasteiger partial charge in [-0.05, 0) is 42.9 Å². The van der Waals surface area contributed by atoms with Crippen molar-refractivity contribution in [2.45, 2.75) is 69.9 Å². The van der Waals surface area contributed by atoms with E-state index < -0.39 is 29.8 Å². The van der Waals surface area contributed by atoms with Gasteiger partial charge < -0.3 is 25.2 Å². The summed E-state index contributed by atoms with van der Waals surface area (Å²) in [6.07, 6.45) is 4.93. The SMILES string of the molecule is CC(=O)N[C@@H](Cc1cc(F)cc(F)c1)[C@H](O)[C@H]1CO[C@@H](OCC2CCCCC2)CN1. The van der Waals surface area contributed by atoms with Crippen LogP contribution in [0.2, 0.25) is 0 Å². The lowest BCUT2D eigenvalue weighted by Gasteiger charge is -2.36. The summed E-state index contributed by atoms with van der Waals surface area (Å²) >= 11 is 0. The number of carbonyl (C=O) groups is 1. The van der Waals surface area contributed by atoms with Crippen molar-refractivity contribution in [1.29, 1.82) is 0 Å². The Morgan fingerprint density at radius 3 is 2.57 bits per heavy atom. The van der Waals surface area contributed by atoms with Gasteiger partial charge in [-0.3, -0.25) is 4.79 Å². The zero-order valence-corrected chi connectivity index (χ0v) is 17.4. The number of amides is 1. The van der Waals surface area contributed by atoms with Gasteiger partial charge in [-0.2, -0.15) is 0 Å². The molecule has 1 amide bonds. The molecule has 1 aliphatic carbocycles. The van der Waals surface area contributed by atoms with Crippen LogP contribution in [-0.4, -0.2) is 55.2 Å². The zero-order chi connectivity index (χ0) is 21.5. The molecule has 0 bridgehead atoms. The number of ether oxygens (including phenoxy) is 2. The molecule has 0 aromatic heterocycles. The molecular formula is C22H32F2N2O4. The molecule has 0 radical (unpaired) electrons. The molecule has 3 N–H and O–H groups in total. The predicted molar refractivity (Wildman–Crippen MR) is 108 cm³/mol. The fourth-order valence-electron chi connectivity index (χ4n) is 4.28. The van der Waals surface area contributed by atoms with Gasteiger partial charge in [0.15, 0.2) is 6.29 Å². The van der Waals surface area contributed by atoms with Crippen LogP contribution in [-0.2, 0) is 20.7 Å². The van der Waals surface area contributed by atoms with E-state index in [0.29, 0.717) is 24.6 Å². The topological polar surface area (TPSA) is 79.8 Å². The monoisotopic (exact) mass is 426 g/mol. The Labute approximate surface area is 176 Å². The molecule has 1 aromatic rings. The number of benzene rings is 1. The average Bonchev–Trinajstić information content (AvgIpc) is 2.71. The summed E-state index contributed by atoms with van der Waals surface area (Å²) in [7, 11) is 0. The van der Waals surface area contributed by atoms with E-state index in [4.69, 9.17) is 9.47 Å². The maximum atomic E-state index is 13.5. The number of halogens is 2. The van der Waals surface area contributed by atoms with Gasteiger partial charge in [0.25, 0.3) is 0 Å². The van der Waals surface area contributed by atoms with Crippen LogP contribution in [0.25, 0.3) is 0 Å². The summed E-state index contributed by atoms with van der Waals surface area (Å²) in [5.74, 6) is -1.14. The van der Waals surface area contributed by atoms with E-state index in [9.17, 15) is 18.7 Å². The molecule has 3 rings (SSSR count). The Hall–Kier alpha value is -1.61. The van der Waals surface area contributed by atoms with Gasteiger partial charge in [0.05, 0.1) is 31.4 Å². The van der Waals surface area contributed by atoms with Gasteiger partial charge in [0, 0.05) is 19.5 Å². The van der Waals surface area contributed by atoms with Crippen LogP contribution in [0.15, 0.2) is 18.2 Å². The highest BCUT2D eigenvalue weighted by atomic mass is 19.1. The average molecular weight is 427 g/mol. The van der Waals surface area contributed by atoms with Gasteiger partial charge >= 0.3 is 0 Å². The summed E-state index contributed by atoms with van der Waals surface area (Å²) in [5.41, 5.74) is 0.357.